The van der Waals surface area contributed by atoms with E-state index in [1.165, 1.54) is 28.4 Å². The highest BCUT2D eigenvalue weighted by Gasteiger charge is 2.38. The number of ether oxygens (including phenoxy) is 2. The molecule has 0 amide bonds. The standard InChI is InChI=1S/C35H44O13P2/c1-34(2,3)31(29-17-23-15-21(11-13-27(23)45-29)25(36)19-49(39,41-7)42-8)47-33(38)48-32(35(4,5)6)30-18-24-16-22(12-14-28(24)46-30)26(37)20-50(40,43-9)44-10/h11-18,31-32H,19-20H2,1-10H3. The number of fused-ring (bicyclic) bond motifs is 2. The van der Waals surface area contributed by atoms with Crippen LogP contribution in [0.25, 0.3) is 21.9 Å². The van der Waals surface area contributed by atoms with Gasteiger partial charge < -0.3 is 36.4 Å². The second-order valence-electron chi connectivity index (χ2n) is 13.9. The van der Waals surface area contributed by atoms with Gasteiger partial charge in [-0.25, -0.2) is 4.79 Å². The summed E-state index contributed by atoms with van der Waals surface area (Å²) in [6, 6.07) is 12.9. The lowest BCUT2D eigenvalue weighted by Gasteiger charge is -2.31. The fourth-order valence-corrected chi connectivity index (χ4v) is 7.10. The first-order valence-corrected chi connectivity index (χ1v) is 19.1. The van der Waals surface area contributed by atoms with Gasteiger partial charge in [-0.15, -0.1) is 0 Å². The van der Waals surface area contributed by atoms with E-state index in [2.05, 4.69) is 0 Å². The molecule has 0 radical (unpaired) electrons. The number of benzene rings is 2. The van der Waals surface area contributed by atoms with Crippen molar-refractivity contribution in [3.8, 4) is 0 Å². The zero-order valence-electron chi connectivity index (χ0n) is 29.9. The normalized spacial score (nSPS) is 14.1. The molecule has 0 spiro atoms. The van der Waals surface area contributed by atoms with E-state index >= 15 is 0 Å². The first kappa shape index (κ1) is 39.2. The van der Waals surface area contributed by atoms with Crippen molar-refractivity contribution < 1.29 is 59.9 Å². The van der Waals surface area contributed by atoms with E-state index in [0.29, 0.717) is 33.5 Å². The molecule has 13 nitrogen and oxygen atoms in total. The Balaban J connectivity index is 1.58. The maximum atomic E-state index is 13.5. The molecular weight excluding hydrogens is 690 g/mol. The topological polar surface area (TPSA) is 167 Å². The monoisotopic (exact) mass is 734 g/mol. The van der Waals surface area contributed by atoms with E-state index in [-0.39, 0.29) is 11.1 Å². The Morgan fingerprint density at radius 1 is 0.600 bits per heavy atom. The van der Waals surface area contributed by atoms with E-state index in [9.17, 15) is 23.5 Å². The Labute approximate surface area is 290 Å². The van der Waals surface area contributed by atoms with Crippen molar-refractivity contribution in [3.05, 3.63) is 71.2 Å². The maximum absolute atomic E-state index is 13.5. The largest absolute Gasteiger partial charge is 0.509 e. The van der Waals surface area contributed by atoms with Crippen molar-refractivity contribution in [1.82, 2.24) is 0 Å². The molecule has 50 heavy (non-hydrogen) atoms. The quantitative estimate of drug-likeness (QED) is 0.0683. The predicted molar refractivity (Wildman–Crippen MR) is 186 cm³/mol. The lowest BCUT2D eigenvalue weighted by Crippen LogP contribution is -2.28. The fraction of sp³-hybridized carbons (Fsp3) is 0.457. The molecule has 0 bridgehead atoms. The first-order valence-electron chi connectivity index (χ1n) is 15.7. The smallest absolute Gasteiger partial charge is 0.457 e. The minimum atomic E-state index is -3.56. The Morgan fingerprint density at radius 3 is 1.24 bits per heavy atom. The highest BCUT2D eigenvalue weighted by atomic mass is 31.2. The van der Waals surface area contributed by atoms with Crippen LogP contribution in [0.2, 0.25) is 0 Å². The van der Waals surface area contributed by atoms with Crippen LogP contribution in [0.5, 0.6) is 0 Å². The number of hydrogen-bond donors (Lipinski definition) is 0. The summed E-state index contributed by atoms with van der Waals surface area (Å²) in [5.74, 6) is -0.210. The zero-order valence-corrected chi connectivity index (χ0v) is 31.7. The molecule has 0 aliphatic heterocycles. The highest BCUT2D eigenvalue weighted by molar-refractivity contribution is 7.55. The van der Waals surface area contributed by atoms with E-state index in [1.807, 2.05) is 41.5 Å². The van der Waals surface area contributed by atoms with Crippen molar-refractivity contribution in [3.63, 3.8) is 0 Å². The number of carbonyl (C=O) groups is 3. The number of carbonyl (C=O) groups excluding carboxylic acids is 3. The van der Waals surface area contributed by atoms with Gasteiger partial charge in [-0.1, -0.05) is 41.5 Å². The Hall–Kier alpha value is -3.57. The average molecular weight is 735 g/mol. The molecule has 2 atom stereocenters. The van der Waals surface area contributed by atoms with Crippen LogP contribution < -0.4 is 0 Å². The van der Waals surface area contributed by atoms with Crippen LogP contribution in [0.15, 0.2) is 57.4 Å². The van der Waals surface area contributed by atoms with Gasteiger partial charge in [-0.05, 0) is 48.5 Å². The van der Waals surface area contributed by atoms with Gasteiger partial charge >= 0.3 is 21.3 Å². The zero-order chi connectivity index (χ0) is 37.2. The van der Waals surface area contributed by atoms with Crippen molar-refractivity contribution in [2.45, 2.75) is 53.8 Å². The van der Waals surface area contributed by atoms with E-state index in [4.69, 9.17) is 36.4 Å². The average Bonchev–Trinajstić information content (AvgIpc) is 3.68. The number of furan rings is 2. The fourth-order valence-electron chi connectivity index (χ4n) is 5.22. The summed E-state index contributed by atoms with van der Waals surface area (Å²) >= 11 is 0. The third kappa shape index (κ3) is 9.01. The van der Waals surface area contributed by atoms with Crippen LogP contribution in [0, 0.1) is 10.8 Å². The summed E-state index contributed by atoms with van der Waals surface area (Å²) in [4.78, 5) is 39.2. The lowest BCUT2D eigenvalue weighted by molar-refractivity contribution is -0.0681. The van der Waals surface area contributed by atoms with Crippen molar-refractivity contribution in [2.75, 3.05) is 40.8 Å². The molecule has 2 aromatic heterocycles. The summed E-state index contributed by atoms with van der Waals surface area (Å²) in [7, 11) is -2.26. The van der Waals surface area contributed by atoms with Crippen molar-refractivity contribution >= 4 is 54.9 Å². The molecular formula is C35H44O13P2. The van der Waals surface area contributed by atoms with Gasteiger partial charge in [0, 0.05) is 61.2 Å². The summed E-state index contributed by atoms with van der Waals surface area (Å²) in [6.07, 6.45) is -3.63. The molecule has 0 saturated carbocycles. The summed E-state index contributed by atoms with van der Waals surface area (Å²) < 4.78 is 68.6. The van der Waals surface area contributed by atoms with Gasteiger partial charge in [0.25, 0.3) is 0 Å². The minimum Gasteiger partial charge on any atom is -0.457 e. The number of Topliss-reactive ketones (excluding diaryl/α,β-unsaturated/α-hetero) is 2. The van der Waals surface area contributed by atoms with Gasteiger partial charge in [-0.2, -0.15) is 0 Å². The molecule has 2 unspecified atom stereocenters. The third-order valence-electron chi connectivity index (χ3n) is 8.02. The lowest BCUT2D eigenvalue weighted by atomic mass is 9.87. The van der Waals surface area contributed by atoms with E-state index in [1.54, 1.807) is 48.5 Å². The number of ketones is 2. The van der Waals surface area contributed by atoms with Crippen LogP contribution in [0.1, 0.15) is 86.0 Å². The number of hydrogen-bond acceptors (Lipinski definition) is 13. The molecule has 0 aliphatic carbocycles. The Bertz CT molecular complexity index is 1820. The molecule has 0 fully saturated rings. The molecule has 4 aromatic rings. The van der Waals surface area contributed by atoms with E-state index < -0.39 is 68.3 Å². The second-order valence-corrected chi connectivity index (χ2v) is 18.4. The molecule has 2 heterocycles. The van der Waals surface area contributed by atoms with Gasteiger partial charge in [0.2, 0.25) is 0 Å². The molecule has 15 heteroatoms. The second kappa shape index (κ2) is 15.0. The van der Waals surface area contributed by atoms with Gasteiger partial charge in [-0.3, -0.25) is 18.7 Å². The van der Waals surface area contributed by atoms with Crippen LogP contribution in [0.3, 0.4) is 0 Å². The molecule has 272 valence electrons. The minimum absolute atomic E-state index is 0.284. The van der Waals surface area contributed by atoms with E-state index in [0.717, 1.165) is 0 Å². The number of rotatable bonds is 14. The molecule has 0 saturated heterocycles. The molecule has 2 aromatic carbocycles. The summed E-state index contributed by atoms with van der Waals surface area (Å²) in [5.41, 5.74) is 0.169. The van der Waals surface area contributed by atoms with Crippen LogP contribution in [-0.4, -0.2) is 58.5 Å². The molecule has 0 N–H and O–H groups in total. The van der Waals surface area contributed by atoms with Crippen LogP contribution >= 0.6 is 15.2 Å². The molecule has 4 rings (SSSR count). The molecule has 0 aliphatic rings. The Morgan fingerprint density at radius 2 is 0.940 bits per heavy atom. The third-order valence-corrected chi connectivity index (χ3v) is 11.6. The highest BCUT2D eigenvalue weighted by Crippen LogP contribution is 2.48. The van der Waals surface area contributed by atoms with Gasteiger partial charge in [0.05, 0.1) is 0 Å². The summed E-state index contributed by atoms with van der Waals surface area (Å²) in [5, 5.41) is 1.14. The predicted octanol–water partition coefficient (Wildman–Crippen LogP) is 9.54. The van der Waals surface area contributed by atoms with Crippen LogP contribution in [0.4, 0.5) is 4.79 Å². The van der Waals surface area contributed by atoms with Gasteiger partial charge in [0.15, 0.2) is 23.8 Å². The van der Waals surface area contributed by atoms with Crippen molar-refractivity contribution in [2.24, 2.45) is 10.8 Å². The Kier molecular flexibility index (Phi) is 11.7. The van der Waals surface area contributed by atoms with Crippen LogP contribution in [-0.2, 0) is 36.7 Å². The van der Waals surface area contributed by atoms with Gasteiger partial charge in [0.1, 0.15) is 35.0 Å². The first-order chi connectivity index (χ1) is 23.2. The maximum Gasteiger partial charge on any atom is 0.509 e. The summed E-state index contributed by atoms with van der Waals surface area (Å²) in [6.45, 7) is 11.2. The SMILES string of the molecule is COP(=O)(CC(=O)c1ccc2oc(C(OC(=O)OC(c3cc4cc(C(=O)CP(=O)(OC)OC)ccc4o3)C(C)(C)C)C(C)(C)C)cc2c1)OC. The van der Waals surface area contributed by atoms with Crippen molar-refractivity contribution in [1.29, 1.82) is 0 Å².